The van der Waals surface area contributed by atoms with E-state index in [1.807, 2.05) is 0 Å². The minimum absolute atomic E-state index is 0.152. The smallest absolute Gasteiger partial charge is 0.253 e. The van der Waals surface area contributed by atoms with Crippen molar-refractivity contribution < 1.29 is 19.1 Å². The molecule has 1 saturated carbocycles. The van der Waals surface area contributed by atoms with Gasteiger partial charge in [0.25, 0.3) is 5.91 Å². The molecule has 3 N–H and O–H groups in total. The van der Waals surface area contributed by atoms with Crippen molar-refractivity contribution in [1.29, 1.82) is 0 Å². The second kappa shape index (κ2) is 8.50. The van der Waals surface area contributed by atoms with Crippen LogP contribution in [-0.4, -0.2) is 51.8 Å². The van der Waals surface area contributed by atoms with Crippen LogP contribution in [0.5, 0.6) is 5.75 Å². The summed E-state index contributed by atoms with van der Waals surface area (Å²) in [6.45, 7) is 1.27. The largest absolute Gasteiger partial charge is 0.497 e. The number of carbonyl (C=O) groups is 2. The Labute approximate surface area is 135 Å². The molecule has 0 aliphatic heterocycles. The molecular weight excluding hydrogens is 298 g/mol. The minimum Gasteiger partial charge on any atom is -0.497 e. The van der Waals surface area contributed by atoms with E-state index in [4.69, 9.17) is 9.47 Å². The van der Waals surface area contributed by atoms with Crippen molar-refractivity contribution in [1.82, 2.24) is 10.6 Å². The first-order chi connectivity index (χ1) is 11.1. The Balaban J connectivity index is 2.01. The average molecular weight is 321 g/mol. The van der Waals surface area contributed by atoms with Gasteiger partial charge in [-0.2, -0.15) is 0 Å². The van der Waals surface area contributed by atoms with Gasteiger partial charge in [-0.25, -0.2) is 0 Å². The number of hydrogen-bond donors (Lipinski definition) is 3. The van der Waals surface area contributed by atoms with Crippen molar-refractivity contribution in [3.63, 3.8) is 0 Å². The van der Waals surface area contributed by atoms with E-state index in [1.165, 1.54) is 7.11 Å². The van der Waals surface area contributed by atoms with E-state index in [-0.39, 0.29) is 24.4 Å². The van der Waals surface area contributed by atoms with Crippen LogP contribution in [0.4, 0.5) is 5.69 Å². The minimum atomic E-state index is -0.216. The summed E-state index contributed by atoms with van der Waals surface area (Å²) in [5, 5.41) is 8.63. The van der Waals surface area contributed by atoms with Crippen LogP contribution >= 0.6 is 0 Å². The van der Waals surface area contributed by atoms with Crippen molar-refractivity contribution in [2.75, 3.05) is 39.2 Å². The summed E-state index contributed by atoms with van der Waals surface area (Å²) in [5.41, 5.74) is 0.879. The first-order valence-corrected chi connectivity index (χ1v) is 7.62. The molecule has 0 atom stereocenters. The molecule has 0 saturated heterocycles. The normalized spacial score (nSPS) is 13.5. The number of hydrogen-bond acceptors (Lipinski definition) is 5. The number of rotatable bonds is 9. The Kier molecular flexibility index (Phi) is 6.37. The van der Waals surface area contributed by atoms with E-state index in [1.54, 1.807) is 25.3 Å². The summed E-state index contributed by atoms with van der Waals surface area (Å²) < 4.78 is 10.1. The van der Waals surface area contributed by atoms with Gasteiger partial charge in [-0.05, 0) is 31.0 Å². The van der Waals surface area contributed by atoms with Gasteiger partial charge in [-0.15, -0.1) is 0 Å². The predicted molar refractivity (Wildman–Crippen MR) is 86.9 cm³/mol. The van der Waals surface area contributed by atoms with Crippen LogP contribution in [0.1, 0.15) is 23.2 Å². The third kappa shape index (κ3) is 5.54. The van der Waals surface area contributed by atoms with Crippen LogP contribution in [0.15, 0.2) is 18.2 Å². The lowest BCUT2D eigenvalue weighted by atomic mass is 10.1. The maximum absolute atomic E-state index is 12.3. The van der Waals surface area contributed by atoms with Gasteiger partial charge in [0.1, 0.15) is 5.75 Å². The van der Waals surface area contributed by atoms with Crippen molar-refractivity contribution in [2.45, 2.75) is 18.9 Å². The summed E-state index contributed by atoms with van der Waals surface area (Å²) in [7, 11) is 3.14. The van der Waals surface area contributed by atoms with E-state index >= 15 is 0 Å². The fraction of sp³-hybridized carbons (Fsp3) is 0.500. The lowest BCUT2D eigenvalue weighted by Crippen LogP contribution is -2.31. The standard InChI is InChI=1S/C16H23N3O4/c1-22-8-7-17-10-15(20)19-14-6-5-12(23-2)9-13(14)16(21)18-11-3-4-11/h5-6,9,11,17H,3-4,7-8,10H2,1-2H3,(H,18,21)(H,19,20). The van der Waals surface area contributed by atoms with Gasteiger partial charge in [0.2, 0.25) is 5.91 Å². The van der Waals surface area contributed by atoms with Gasteiger partial charge in [0.05, 0.1) is 31.5 Å². The van der Waals surface area contributed by atoms with E-state index in [9.17, 15) is 9.59 Å². The molecule has 126 valence electrons. The molecule has 0 bridgehead atoms. The quantitative estimate of drug-likeness (QED) is 0.585. The summed E-state index contributed by atoms with van der Waals surface area (Å²) in [5.74, 6) is 0.156. The number of ether oxygens (including phenoxy) is 2. The van der Waals surface area contributed by atoms with E-state index in [2.05, 4.69) is 16.0 Å². The van der Waals surface area contributed by atoms with Gasteiger partial charge >= 0.3 is 0 Å². The van der Waals surface area contributed by atoms with Crippen LogP contribution in [0.25, 0.3) is 0 Å². The summed E-state index contributed by atoms with van der Waals surface area (Å²) >= 11 is 0. The monoisotopic (exact) mass is 321 g/mol. The second-order valence-electron chi connectivity index (χ2n) is 5.38. The molecule has 7 heteroatoms. The van der Waals surface area contributed by atoms with Crippen LogP contribution in [0.3, 0.4) is 0 Å². The number of methoxy groups -OCH3 is 2. The van der Waals surface area contributed by atoms with Crippen LogP contribution in [0, 0.1) is 0 Å². The molecule has 2 rings (SSSR count). The Morgan fingerprint density at radius 1 is 1.26 bits per heavy atom. The number of benzene rings is 1. The Hall–Kier alpha value is -2.12. The van der Waals surface area contributed by atoms with Crippen LogP contribution in [-0.2, 0) is 9.53 Å². The van der Waals surface area contributed by atoms with E-state index in [0.29, 0.717) is 30.2 Å². The Bertz CT molecular complexity index is 558. The van der Waals surface area contributed by atoms with Crippen LogP contribution in [0.2, 0.25) is 0 Å². The molecule has 0 spiro atoms. The lowest BCUT2D eigenvalue weighted by molar-refractivity contribution is -0.115. The highest BCUT2D eigenvalue weighted by Crippen LogP contribution is 2.24. The summed E-state index contributed by atoms with van der Waals surface area (Å²) in [6.07, 6.45) is 2.00. The van der Waals surface area contributed by atoms with Crippen molar-refractivity contribution in [3.05, 3.63) is 23.8 Å². The zero-order valence-corrected chi connectivity index (χ0v) is 13.5. The average Bonchev–Trinajstić information content (AvgIpc) is 3.36. The molecule has 1 aliphatic rings. The summed E-state index contributed by atoms with van der Waals surface area (Å²) in [4.78, 5) is 24.3. The number of carbonyl (C=O) groups excluding carboxylic acids is 2. The highest BCUT2D eigenvalue weighted by Gasteiger charge is 2.25. The molecule has 1 aromatic rings. The lowest BCUT2D eigenvalue weighted by Gasteiger charge is -2.13. The van der Waals surface area contributed by atoms with Gasteiger partial charge in [-0.3, -0.25) is 9.59 Å². The number of amides is 2. The SMILES string of the molecule is COCCNCC(=O)Nc1ccc(OC)cc1C(=O)NC1CC1. The van der Waals surface area contributed by atoms with Crippen molar-refractivity contribution >= 4 is 17.5 Å². The first kappa shape index (κ1) is 17.2. The predicted octanol–water partition coefficient (Wildman–Crippen LogP) is 0.762. The molecule has 1 aromatic carbocycles. The summed E-state index contributed by atoms with van der Waals surface area (Å²) in [6, 6.07) is 5.26. The molecule has 0 aromatic heterocycles. The Morgan fingerprint density at radius 2 is 2.04 bits per heavy atom. The molecule has 1 fully saturated rings. The molecule has 7 nitrogen and oxygen atoms in total. The Morgan fingerprint density at radius 3 is 2.70 bits per heavy atom. The zero-order chi connectivity index (χ0) is 16.7. The zero-order valence-electron chi connectivity index (χ0n) is 13.5. The van der Waals surface area contributed by atoms with E-state index in [0.717, 1.165) is 12.8 Å². The van der Waals surface area contributed by atoms with Gasteiger partial charge < -0.3 is 25.4 Å². The third-order valence-electron chi connectivity index (χ3n) is 3.43. The van der Waals surface area contributed by atoms with Gasteiger partial charge in [0.15, 0.2) is 0 Å². The van der Waals surface area contributed by atoms with Crippen LogP contribution < -0.4 is 20.7 Å². The fourth-order valence-corrected chi connectivity index (χ4v) is 2.01. The molecule has 0 radical (unpaired) electrons. The molecule has 1 aliphatic carbocycles. The van der Waals surface area contributed by atoms with Crippen molar-refractivity contribution in [3.8, 4) is 5.75 Å². The van der Waals surface area contributed by atoms with E-state index < -0.39 is 0 Å². The van der Waals surface area contributed by atoms with Gasteiger partial charge in [-0.1, -0.05) is 0 Å². The topological polar surface area (TPSA) is 88.7 Å². The maximum Gasteiger partial charge on any atom is 0.253 e. The molecule has 2 amide bonds. The van der Waals surface area contributed by atoms with Crippen molar-refractivity contribution in [2.24, 2.45) is 0 Å². The molecule has 0 heterocycles. The third-order valence-corrected chi connectivity index (χ3v) is 3.43. The second-order valence-corrected chi connectivity index (χ2v) is 5.38. The highest BCUT2D eigenvalue weighted by molar-refractivity contribution is 6.04. The number of anilines is 1. The molecule has 0 unspecified atom stereocenters. The molecule has 23 heavy (non-hydrogen) atoms. The highest BCUT2D eigenvalue weighted by atomic mass is 16.5. The number of nitrogens with one attached hydrogen (secondary N) is 3. The fourth-order valence-electron chi connectivity index (χ4n) is 2.01. The maximum atomic E-state index is 12.3. The molecular formula is C16H23N3O4. The first-order valence-electron chi connectivity index (χ1n) is 7.62. The van der Waals surface area contributed by atoms with Gasteiger partial charge in [0, 0.05) is 19.7 Å².